The van der Waals surface area contributed by atoms with Crippen LogP contribution in [-0.4, -0.2) is 23.0 Å². The molecule has 0 radical (unpaired) electrons. The highest BCUT2D eigenvalue weighted by Crippen LogP contribution is 2.38. The molecule has 96 valence electrons. The highest BCUT2D eigenvalue weighted by atomic mass is 16.5. The van der Waals surface area contributed by atoms with Gasteiger partial charge in [-0.25, -0.2) is 14.8 Å². The molecule has 2 N–H and O–H groups in total. The summed E-state index contributed by atoms with van der Waals surface area (Å²) in [6.45, 7) is 0. The Kier molecular flexibility index (Phi) is 2.67. The summed E-state index contributed by atoms with van der Waals surface area (Å²) in [5, 5.41) is 0. The van der Waals surface area contributed by atoms with Crippen LogP contribution in [0.5, 0.6) is 0 Å². The van der Waals surface area contributed by atoms with Gasteiger partial charge in [0.05, 0.1) is 7.11 Å². The van der Waals surface area contributed by atoms with Gasteiger partial charge in [0.15, 0.2) is 0 Å². The van der Waals surface area contributed by atoms with Crippen LogP contribution in [0.3, 0.4) is 0 Å². The van der Waals surface area contributed by atoms with Gasteiger partial charge in [0.25, 0.3) is 0 Å². The fourth-order valence-corrected chi connectivity index (χ4v) is 2.33. The maximum Gasteiger partial charge on any atom is 0.343 e. The van der Waals surface area contributed by atoms with E-state index in [2.05, 4.69) is 26.8 Å². The van der Waals surface area contributed by atoms with Crippen LogP contribution < -0.4 is 5.73 Å². The van der Waals surface area contributed by atoms with Crippen molar-refractivity contribution in [3.8, 4) is 0 Å². The highest BCUT2D eigenvalue weighted by Gasteiger charge is 2.29. The van der Waals surface area contributed by atoms with Gasteiger partial charge in [-0.3, -0.25) is 0 Å². The molecular formula is C14H13N3O2. The molecule has 5 nitrogen and oxygen atoms in total. The molecule has 1 aliphatic rings. The third-order valence-electron chi connectivity index (χ3n) is 3.41. The second-order valence-electron chi connectivity index (χ2n) is 4.47. The van der Waals surface area contributed by atoms with Crippen LogP contribution in [0.4, 0.5) is 5.82 Å². The maximum absolute atomic E-state index is 11.4. The summed E-state index contributed by atoms with van der Waals surface area (Å²) in [6, 6.07) is 8.18. The summed E-state index contributed by atoms with van der Waals surface area (Å²) < 4.78 is 4.62. The van der Waals surface area contributed by atoms with Crippen molar-refractivity contribution in [1.29, 1.82) is 0 Å². The first kappa shape index (κ1) is 11.6. The van der Waals surface area contributed by atoms with Crippen LogP contribution in [0, 0.1) is 0 Å². The quantitative estimate of drug-likeness (QED) is 0.823. The molecule has 0 saturated carbocycles. The number of aromatic nitrogens is 2. The van der Waals surface area contributed by atoms with Gasteiger partial charge in [-0.1, -0.05) is 24.3 Å². The van der Waals surface area contributed by atoms with Crippen molar-refractivity contribution in [2.24, 2.45) is 0 Å². The zero-order chi connectivity index (χ0) is 13.4. The van der Waals surface area contributed by atoms with Gasteiger partial charge in [0.2, 0.25) is 0 Å². The van der Waals surface area contributed by atoms with Gasteiger partial charge >= 0.3 is 5.97 Å². The predicted molar refractivity (Wildman–Crippen MR) is 69.8 cm³/mol. The van der Waals surface area contributed by atoms with Crippen LogP contribution >= 0.6 is 0 Å². The first-order valence-electron chi connectivity index (χ1n) is 5.99. The van der Waals surface area contributed by atoms with Gasteiger partial charge in [0, 0.05) is 12.1 Å². The number of nitrogen functional groups attached to an aromatic ring is 1. The average Bonchev–Trinajstić information content (AvgIpc) is 2.39. The predicted octanol–water partition coefficient (Wildman–Crippen LogP) is 1.53. The molecule has 0 bridgehead atoms. The largest absolute Gasteiger partial charge is 0.465 e. The van der Waals surface area contributed by atoms with E-state index in [0.29, 0.717) is 5.82 Å². The number of benzene rings is 1. The zero-order valence-corrected chi connectivity index (χ0v) is 10.5. The standard InChI is InChI=1S/C14H13N3O2/c1-19-14(18)11-7-16-13(17-12(11)15)10-6-8-4-2-3-5-9(8)10/h2-5,7,10H,6H2,1H3,(H2,15,16,17). The molecule has 1 aromatic carbocycles. The minimum absolute atomic E-state index is 0.168. The summed E-state index contributed by atoms with van der Waals surface area (Å²) in [5.41, 5.74) is 8.53. The Hall–Kier alpha value is -2.43. The molecule has 0 saturated heterocycles. The van der Waals surface area contributed by atoms with Crippen molar-refractivity contribution >= 4 is 11.8 Å². The van der Waals surface area contributed by atoms with E-state index in [4.69, 9.17) is 5.73 Å². The number of fused-ring (bicyclic) bond motifs is 1. The van der Waals surface area contributed by atoms with Crippen LogP contribution in [0.1, 0.15) is 33.2 Å². The number of hydrogen-bond donors (Lipinski definition) is 1. The van der Waals surface area contributed by atoms with E-state index < -0.39 is 5.97 Å². The Morgan fingerprint density at radius 2 is 2.21 bits per heavy atom. The Morgan fingerprint density at radius 1 is 1.42 bits per heavy atom. The number of esters is 1. The number of rotatable bonds is 2. The number of ether oxygens (including phenoxy) is 1. The topological polar surface area (TPSA) is 78.1 Å². The van der Waals surface area contributed by atoms with Crippen molar-refractivity contribution in [3.05, 3.63) is 53.0 Å². The molecule has 2 aromatic rings. The second kappa shape index (κ2) is 4.35. The van der Waals surface area contributed by atoms with Gasteiger partial charge in [-0.05, 0) is 17.5 Å². The number of carbonyl (C=O) groups excluding carboxylic acids is 1. The Morgan fingerprint density at radius 3 is 2.89 bits per heavy atom. The molecule has 1 atom stereocenters. The normalized spacial score (nSPS) is 16.4. The van der Waals surface area contributed by atoms with Crippen LogP contribution in [-0.2, 0) is 11.2 Å². The third kappa shape index (κ3) is 1.83. The molecule has 3 rings (SSSR count). The van der Waals surface area contributed by atoms with Gasteiger partial charge < -0.3 is 10.5 Å². The van der Waals surface area contributed by atoms with Crippen LogP contribution in [0.25, 0.3) is 0 Å². The molecule has 0 amide bonds. The van der Waals surface area contributed by atoms with Crippen molar-refractivity contribution in [1.82, 2.24) is 9.97 Å². The summed E-state index contributed by atoms with van der Waals surface area (Å²) in [6.07, 6.45) is 2.34. The number of nitrogens with two attached hydrogens (primary N) is 1. The number of nitrogens with zero attached hydrogens (tertiary/aromatic N) is 2. The van der Waals surface area contributed by atoms with E-state index in [0.717, 1.165) is 6.42 Å². The van der Waals surface area contributed by atoms with Gasteiger partial charge in [-0.15, -0.1) is 0 Å². The Balaban J connectivity index is 1.93. The molecule has 0 aliphatic heterocycles. The van der Waals surface area contributed by atoms with Crippen molar-refractivity contribution in [2.45, 2.75) is 12.3 Å². The molecule has 0 fully saturated rings. The van der Waals surface area contributed by atoms with Crippen LogP contribution in [0.15, 0.2) is 30.5 Å². The molecule has 1 aliphatic carbocycles. The van der Waals surface area contributed by atoms with E-state index in [-0.39, 0.29) is 17.3 Å². The molecule has 1 unspecified atom stereocenters. The number of methoxy groups -OCH3 is 1. The monoisotopic (exact) mass is 255 g/mol. The second-order valence-corrected chi connectivity index (χ2v) is 4.47. The molecule has 19 heavy (non-hydrogen) atoms. The van der Waals surface area contributed by atoms with Gasteiger partial charge in [-0.2, -0.15) is 0 Å². The number of hydrogen-bond acceptors (Lipinski definition) is 5. The van der Waals surface area contributed by atoms with E-state index in [1.54, 1.807) is 0 Å². The number of anilines is 1. The lowest BCUT2D eigenvalue weighted by atomic mass is 9.77. The third-order valence-corrected chi connectivity index (χ3v) is 3.41. The molecular weight excluding hydrogens is 242 g/mol. The fourth-order valence-electron chi connectivity index (χ4n) is 2.33. The van der Waals surface area contributed by atoms with E-state index in [1.165, 1.54) is 24.4 Å². The lowest BCUT2D eigenvalue weighted by Gasteiger charge is -2.28. The first-order chi connectivity index (χ1) is 9.20. The minimum atomic E-state index is -0.516. The maximum atomic E-state index is 11.4. The van der Waals surface area contributed by atoms with Crippen molar-refractivity contribution in [3.63, 3.8) is 0 Å². The molecule has 1 aromatic heterocycles. The summed E-state index contributed by atoms with van der Waals surface area (Å²) in [5.74, 6) is 0.480. The smallest absolute Gasteiger partial charge is 0.343 e. The number of carbonyl (C=O) groups is 1. The molecule has 5 heteroatoms. The van der Waals surface area contributed by atoms with Crippen LogP contribution in [0.2, 0.25) is 0 Å². The highest BCUT2D eigenvalue weighted by molar-refractivity contribution is 5.93. The minimum Gasteiger partial charge on any atom is -0.465 e. The Bertz CT molecular complexity index is 655. The Labute approximate surface area is 110 Å². The van der Waals surface area contributed by atoms with Crippen molar-refractivity contribution < 1.29 is 9.53 Å². The summed E-state index contributed by atoms with van der Waals surface area (Å²) in [4.78, 5) is 19.9. The zero-order valence-electron chi connectivity index (χ0n) is 10.5. The van der Waals surface area contributed by atoms with E-state index >= 15 is 0 Å². The first-order valence-corrected chi connectivity index (χ1v) is 5.99. The van der Waals surface area contributed by atoms with E-state index in [1.807, 2.05) is 12.1 Å². The lowest BCUT2D eigenvalue weighted by molar-refractivity contribution is 0.0601. The average molecular weight is 255 g/mol. The lowest BCUT2D eigenvalue weighted by Crippen LogP contribution is -2.21. The van der Waals surface area contributed by atoms with Crippen molar-refractivity contribution in [2.75, 3.05) is 12.8 Å². The fraction of sp³-hybridized carbons (Fsp3) is 0.214. The summed E-state index contributed by atoms with van der Waals surface area (Å²) in [7, 11) is 1.30. The molecule has 1 heterocycles. The van der Waals surface area contributed by atoms with E-state index in [9.17, 15) is 4.79 Å². The van der Waals surface area contributed by atoms with Gasteiger partial charge in [0.1, 0.15) is 17.2 Å². The molecule has 0 spiro atoms. The summed E-state index contributed by atoms with van der Waals surface area (Å²) >= 11 is 0. The SMILES string of the molecule is COC(=O)c1cnc(C2Cc3ccccc32)nc1N.